The van der Waals surface area contributed by atoms with Crippen molar-refractivity contribution in [2.24, 2.45) is 11.8 Å². The van der Waals surface area contributed by atoms with E-state index < -0.39 is 55.3 Å². The van der Waals surface area contributed by atoms with Gasteiger partial charge in [-0.3, -0.25) is 18.7 Å². The van der Waals surface area contributed by atoms with Crippen LogP contribution in [0.5, 0.6) is 0 Å². The fourth-order valence-corrected chi connectivity index (χ4v) is 3.33. The van der Waals surface area contributed by atoms with Crippen LogP contribution in [0.25, 0.3) is 0 Å². The van der Waals surface area contributed by atoms with Gasteiger partial charge < -0.3 is 5.32 Å². The Morgan fingerprint density at radius 3 is 1.76 bits per heavy atom. The van der Waals surface area contributed by atoms with Crippen LogP contribution in [0.3, 0.4) is 0 Å². The van der Waals surface area contributed by atoms with E-state index in [1.807, 2.05) is 0 Å². The molecule has 0 aliphatic carbocycles. The van der Waals surface area contributed by atoms with Crippen molar-refractivity contribution < 1.29 is 35.5 Å². The summed E-state index contributed by atoms with van der Waals surface area (Å²) in [4.78, 5) is 23.0. The molecule has 21 heavy (non-hydrogen) atoms. The van der Waals surface area contributed by atoms with E-state index in [-0.39, 0.29) is 13.0 Å². The Morgan fingerprint density at radius 2 is 1.43 bits per heavy atom. The molecule has 0 aromatic rings. The number of Topliss-reactive ketones (excluding diaryl/α,β-unsaturated/α-hetero) is 1. The van der Waals surface area contributed by atoms with Crippen molar-refractivity contribution >= 4 is 31.9 Å². The molecule has 2 unspecified atom stereocenters. The standard InChI is InChI=1S/C10H19NO8S2/c1-3-8(5-20(14,15)16)10(13)11-4-9(7(2)12)6-21(17,18)19/h8-9H,3-6H2,1-2H3,(H,11,13)(H,14,15,16)(H,17,18,19). The maximum atomic E-state index is 11.7. The molecule has 0 aliphatic rings. The largest absolute Gasteiger partial charge is 0.355 e. The molecule has 0 bridgehead atoms. The van der Waals surface area contributed by atoms with Gasteiger partial charge in [0.2, 0.25) is 5.91 Å². The first-order valence-electron chi connectivity index (χ1n) is 6.04. The third-order valence-electron chi connectivity index (χ3n) is 2.78. The molecule has 0 aromatic heterocycles. The van der Waals surface area contributed by atoms with Gasteiger partial charge in [-0.2, -0.15) is 16.8 Å². The van der Waals surface area contributed by atoms with E-state index in [9.17, 15) is 26.4 Å². The van der Waals surface area contributed by atoms with Crippen LogP contribution in [0, 0.1) is 11.8 Å². The van der Waals surface area contributed by atoms with Gasteiger partial charge in [0, 0.05) is 6.54 Å². The highest BCUT2D eigenvalue weighted by Crippen LogP contribution is 2.07. The van der Waals surface area contributed by atoms with Crippen molar-refractivity contribution in [3.05, 3.63) is 0 Å². The Kier molecular flexibility index (Phi) is 7.44. The van der Waals surface area contributed by atoms with Gasteiger partial charge in [0.25, 0.3) is 20.2 Å². The summed E-state index contributed by atoms with van der Waals surface area (Å²) in [6.45, 7) is 2.30. The van der Waals surface area contributed by atoms with Gasteiger partial charge in [-0.25, -0.2) is 0 Å². The first-order chi connectivity index (χ1) is 9.35. The Labute approximate surface area is 123 Å². The lowest BCUT2D eigenvalue weighted by Crippen LogP contribution is -2.40. The number of carbonyl (C=O) groups is 2. The normalized spacial score (nSPS) is 15.2. The van der Waals surface area contributed by atoms with Crippen molar-refractivity contribution in [1.29, 1.82) is 0 Å². The Balaban J connectivity index is 4.72. The van der Waals surface area contributed by atoms with E-state index in [1.54, 1.807) is 0 Å². The van der Waals surface area contributed by atoms with E-state index in [1.165, 1.54) is 6.92 Å². The smallest absolute Gasteiger partial charge is 0.265 e. The number of hydrogen-bond acceptors (Lipinski definition) is 6. The number of ketones is 1. The summed E-state index contributed by atoms with van der Waals surface area (Å²) in [5, 5.41) is 2.25. The number of hydrogen-bond donors (Lipinski definition) is 3. The van der Waals surface area contributed by atoms with E-state index in [0.717, 1.165) is 6.92 Å². The lowest BCUT2D eigenvalue weighted by Gasteiger charge is -2.17. The first-order valence-corrected chi connectivity index (χ1v) is 9.26. The lowest BCUT2D eigenvalue weighted by molar-refractivity contribution is -0.125. The lowest BCUT2D eigenvalue weighted by atomic mass is 10.1. The van der Waals surface area contributed by atoms with Gasteiger partial charge in [-0.05, 0) is 13.3 Å². The van der Waals surface area contributed by atoms with Crippen LogP contribution in [0.2, 0.25) is 0 Å². The average molecular weight is 345 g/mol. The third kappa shape index (κ3) is 9.50. The number of carbonyl (C=O) groups excluding carboxylic acids is 2. The van der Waals surface area contributed by atoms with Crippen molar-refractivity contribution in [2.45, 2.75) is 20.3 Å². The summed E-state index contributed by atoms with van der Waals surface area (Å²) < 4.78 is 60.4. The first kappa shape index (κ1) is 20.0. The molecule has 2 atom stereocenters. The van der Waals surface area contributed by atoms with Crippen molar-refractivity contribution in [3.8, 4) is 0 Å². The zero-order chi connectivity index (χ0) is 16.8. The van der Waals surface area contributed by atoms with Crippen molar-refractivity contribution in [1.82, 2.24) is 5.32 Å². The van der Waals surface area contributed by atoms with Crippen LogP contribution in [0.1, 0.15) is 20.3 Å². The molecule has 0 aliphatic heterocycles. The van der Waals surface area contributed by atoms with Gasteiger partial charge in [-0.1, -0.05) is 6.92 Å². The summed E-state index contributed by atoms with van der Waals surface area (Å²) in [6.07, 6.45) is 0.134. The molecular formula is C10H19NO8S2. The predicted molar refractivity (Wildman–Crippen MR) is 73.8 cm³/mol. The van der Waals surface area contributed by atoms with Crippen LogP contribution in [0.15, 0.2) is 0 Å². The third-order valence-corrected chi connectivity index (χ3v) is 4.43. The summed E-state index contributed by atoms with van der Waals surface area (Å²) in [7, 11) is -8.71. The zero-order valence-corrected chi connectivity index (χ0v) is 13.3. The topological polar surface area (TPSA) is 155 Å². The SMILES string of the molecule is CCC(CS(=O)(=O)O)C(=O)NCC(CS(=O)(=O)O)C(C)=O. The molecule has 0 radical (unpaired) electrons. The second-order valence-corrected chi connectivity index (χ2v) is 7.65. The van der Waals surface area contributed by atoms with Crippen molar-refractivity contribution in [2.75, 3.05) is 18.1 Å². The second kappa shape index (κ2) is 7.82. The number of nitrogens with one attached hydrogen (secondary N) is 1. The molecule has 0 fully saturated rings. The average Bonchev–Trinajstić information content (AvgIpc) is 2.28. The minimum atomic E-state index is -4.38. The Morgan fingerprint density at radius 1 is 1.00 bits per heavy atom. The minimum Gasteiger partial charge on any atom is -0.355 e. The predicted octanol–water partition coefficient (Wildman–Crippen LogP) is -0.890. The van der Waals surface area contributed by atoms with Crippen LogP contribution in [0.4, 0.5) is 0 Å². The highest BCUT2D eigenvalue weighted by Gasteiger charge is 2.26. The fourth-order valence-electron chi connectivity index (χ4n) is 1.58. The zero-order valence-electron chi connectivity index (χ0n) is 11.6. The van der Waals surface area contributed by atoms with E-state index in [2.05, 4.69) is 5.32 Å². The van der Waals surface area contributed by atoms with Crippen LogP contribution in [-0.4, -0.2) is 55.7 Å². The summed E-state index contributed by atoms with van der Waals surface area (Å²) in [6, 6.07) is 0. The molecule has 3 N–H and O–H groups in total. The van der Waals surface area contributed by atoms with E-state index >= 15 is 0 Å². The van der Waals surface area contributed by atoms with Crippen LogP contribution in [-0.2, 0) is 29.8 Å². The highest BCUT2D eigenvalue weighted by molar-refractivity contribution is 7.86. The Bertz CT molecular complexity index is 580. The highest BCUT2D eigenvalue weighted by atomic mass is 32.2. The van der Waals surface area contributed by atoms with Gasteiger partial charge in [-0.15, -0.1) is 0 Å². The maximum absolute atomic E-state index is 11.7. The van der Waals surface area contributed by atoms with E-state index in [0.29, 0.717) is 0 Å². The molecule has 1 amide bonds. The summed E-state index contributed by atoms with van der Waals surface area (Å²) in [5.41, 5.74) is 0. The maximum Gasteiger partial charge on any atom is 0.265 e. The molecule has 0 heterocycles. The molecule has 0 aromatic carbocycles. The minimum absolute atomic E-state index is 0.134. The molecule has 0 saturated heterocycles. The van der Waals surface area contributed by atoms with Gasteiger partial charge in [0.05, 0.1) is 23.3 Å². The van der Waals surface area contributed by atoms with Crippen LogP contribution < -0.4 is 5.32 Å². The molecule has 11 heteroatoms. The van der Waals surface area contributed by atoms with Crippen LogP contribution >= 0.6 is 0 Å². The monoisotopic (exact) mass is 345 g/mol. The molecular weight excluding hydrogens is 326 g/mol. The molecule has 0 saturated carbocycles. The quantitative estimate of drug-likeness (QED) is 0.454. The molecule has 0 spiro atoms. The van der Waals surface area contributed by atoms with Gasteiger partial charge in [0.1, 0.15) is 5.78 Å². The number of rotatable bonds is 9. The van der Waals surface area contributed by atoms with Crippen molar-refractivity contribution in [3.63, 3.8) is 0 Å². The van der Waals surface area contributed by atoms with Gasteiger partial charge in [0.15, 0.2) is 0 Å². The number of amides is 1. The van der Waals surface area contributed by atoms with E-state index in [4.69, 9.17) is 9.11 Å². The summed E-state index contributed by atoms with van der Waals surface area (Å²) in [5.74, 6) is -5.02. The Hall–Kier alpha value is -1.04. The second-order valence-electron chi connectivity index (χ2n) is 4.66. The fraction of sp³-hybridized carbons (Fsp3) is 0.800. The van der Waals surface area contributed by atoms with Gasteiger partial charge >= 0.3 is 0 Å². The molecule has 124 valence electrons. The molecule has 9 nitrogen and oxygen atoms in total. The molecule has 0 rings (SSSR count). The summed E-state index contributed by atoms with van der Waals surface area (Å²) >= 11 is 0.